The second kappa shape index (κ2) is 6.14. The lowest BCUT2D eigenvalue weighted by atomic mass is 9.73. The molecule has 1 aromatic carbocycles. The number of benzene rings is 1. The van der Waals surface area contributed by atoms with E-state index in [0.717, 1.165) is 12.4 Å². The monoisotopic (exact) mass is 364 g/mol. The van der Waals surface area contributed by atoms with Crippen LogP contribution in [0.1, 0.15) is 30.7 Å². The zero-order valence-corrected chi connectivity index (χ0v) is 13.9. The lowest BCUT2D eigenvalue weighted by molar-refractivity contribution is -0.196. The van der Waals surface area contributed by atoms with E-state index in [1.165, 1.54) is 12.1 Å². The van der Waals surface area contributed by atoms with E-state index in [-0.39, 0.29) is 22.5 Å². The highest BCUT2D eigenvalue weighted by atomic mass is 19.4. The number of nitrogens with one attached hydrogen (secondary N) is 2. The smallest absolute Gasteiger partial charge is 0.377 e. The maximum absolute atomic E-state index is 14.4. The van der Waals surface area contributed by atoms with Gasteiger partial charge in [0.1, 0.15) is 5.69 Å². The zero-order chi connectivity index (χ0) is 19.1. The van der Waals surface area contributed by atoms with Crippen LogP contribution in [0.5, 0.6) is 0 Å². The van der Waals surface area contributed by atoms with Gasteiger partial charge >= 0.3 is 6.18 Å². The van der Waals surface area contributed by atoms with Crippen molar-refractivity contribution in [2.45, 2.75) is 31.5 Å². The van der Waals surface area contributed by atoms with Gasteiger partial charge in [-0.05, 0) is 32.0 Å². The number of aromatic nitrogens is 2. The highest BCUT2D eigenvalue weighted by Gasteiger charge is 2.62. The molecule has 1 aromatic heterocycles. The molecule has 26 heavy (non-hydrogen) atoms. The van der Waals surface area contributed by atoms with Gasteiger partial charge in [0.2, 0.25) is 0 Å². The summed E-state index contributed by atoms with van der Waals surface area (Å²) in [5.74, 6) is 0. The molecule has 1 unspecified atom stereocenters. The van der Waals surface area contributed by atoms with Crippen molar-refractivity contribution in [1.82, 2.24) is 9.97 Å². The van der Waals surface area contributed by atoms with E-state index in [2.05, 4.69) is 15.3 Å². The fourth-order valence-corrected chi connectivity index (χ4v) is 2.98. The number of ether oxygens (including phenoxy) is 1. The molecule has 2 heterocycles. The molecule has 0 saturated carbocycles. The molecule has 2 aromatic rings. The van der Waals surface area contributed by atoms with Gasteiger partial charge in [0.05, 0.1) is 36.4 Å². The van der Waals surface area contributed by atoms with E-state index in [9.17, 15) is 18.0 Å². The molecule has 136 valence electrons. The van der Waals surface area contributed by atoms with E-state index in [1.54, 1.807) is 13.8 Å². The fourth-order valence-electron chi connectivity index (χ4n) is 2.98. The SMILES string of the molecule is CC(C)OCC1(C(F)(F)F)c2cc(C#N)ccc2Nc2c1nc[nH]c2=O. The van der Waals surface area contributed by atoms with Crippen LogP contribution in [-0.2, 0) is 10.2 Å². The third kappa shape index (κ3) is 2.63. The van der Waals surface area contributed by atoms with E-state index in [0.29, 0.717) is 0 Å². The second-order valence-electron chi connectivity index (χ2n) is 6.22. The zero-order valence-electron chi connectivity index (χ0n) is 13.9. The molecular formula is C17H15F3N4O2. The number of aromatic amines is 1. The molecule has 0 amide bonds. The Morgan fingerprint density at radius 1 is 1.38 bits per heavy atom. The van der Waals surface area contributed by atoms with Crippen molar-refractivity contribution in [2.24, 2.45) is 0 Å². The predicted molar refractivity (Wildman–Crippen MR) is 87.2 cm³/mol. The first-order valence-electron chi connectivity index (χ1n) is 7.79. The number of hydrogen-bond donors (Lipinski definition) is 2. The molecular weight excluding hydrogens is 349 g/mol. The third-order valence-electron chi connectivity index (χ3n) is 4.24. The standard InChI is InChI=1S/C17H15F3N4O2/c1-9(2)26-7-16(17(18,19)20)11-5-10(6-21)3-4-12(11)24-13-14(16)22-8-23-15(13)25/h3-5,8-9,24H,7H2,1-2H3,(H,22,23,25). The molecule has 0 spiro atoms. The maximum atomic E-state index is 14.4. The number of H-pyrrole nitrogens is 1. The quantitative estimate of drug-likeness (QED) is 0.874. The Morgan fingerprint density at radius 3 is 2.73 bits per heavy atom. The minimum absolute atomic E-state index is 0.0667. The van der Waals surface area contributed by atoms with Gasteiger partial charge in [0, 0.05) is 11.3 Å². The van der Waals surface area contributed by atoms with Crippen LogP contribution >= 0.6 is 0 Å². The average molecular weight is 364 g/mol. The Balaban J connectivity index is 2.39. The molecule has 9 heteroatoms. The summed E-state index contributed by atoms with van der Waals surface area (Å²) in [6.45, 7) is 2.47. The minimum Gasteiger partial charge on any atom is -0.377 e. The number of anilines is 2. The summed E-state index contributed by atoms with van der Waals surface area (Å²) >= 11 is 0. The number of alkyl halides is 3. The van der Waals surface area contributed by atoms with Crippen molar-refractivity contribution >= 4 is 11.4 Å². The molecule has 1 aliphatic rings. The van der Waals surface area contributed by atoms with Crippen molar-refractivity contribution in [3.05, 3.63) is 51.7 Å². The Labute approximate surface area is 146 Å². The number of fused-ring (bicyclic) bond motifs is 2. The Bertz CT molecular complexity index is 946. The van der Waals surface area contributed by atoms with Crippen LogP contribution in [0, 0.1) is 11.3 Å². The van der Waals surface area contributed by atoms with E-state index in [1.807, 2.05) is 6.07 Å². The molecule has 0 bridgehead atoms. The van der Waals surface area contributed by atoms with Gasteiger partial charge in [-0.25, -0.2) is 4.98 Å². The van der Waals surface area contributed by atoms with Crippen LogP contribution in [0.25, 0.3) is 0 Å². The summed E-state index contributed by atoms with van der Waals surface area (Å²) in [4.78, 5) is 18.2. The van der Waals surface area contributed by atoms with E-state index >= 15 is 0 Å². The number of nitriles is 1. The van der Waals surface area contributed by atoms with Crippen molar-refractivity contribution in [3.8, 4) is 6.07 Å². The van der Waals surface area contributed by atoms with Crippen molar-refractivity contribution < 1.29 is 17.9 Å². The van der Waals surface area contributed by atoms with E-state index < -0.39 is 35.6 Å². The summed E-state index contributed by atoms with van der Waals surface area (Å²) in [6, 6.07) is 5.73. The van der Waals surface area contributed by atoms with Crippen LogP contribution in [0.2, 0.25) is 0 Å². The van der Waals surface area contributed by atoms with Gasteiger partial charge in [0.15, 0.2) is 5.41 Å². The molecule has 2 N–H and O–H groups in total. The molecule has 0 aliphatic carbocycles. The Kier molecular flexibility index (Phi) is 4.24. The number of halogens is 3. The van der Waals surface area contributed by atoms with Gasteiger partial charge in [-0.3, -0.25) is 4.79 Å². The highest BCUT2D eigenvalue weighted by Crippen LogP contribution is 2.53. The first kappa shape index (κ1) is 17.9. The first-order valence-corrected chi connectivity index (χ1v) is 7.79. The Morgan fingerprint density at radius 2 is 2.12 bits per heavy atom. The second-order valence-corrected chi connectivity index (χ2v) is 6.22. The van der Waals surface area contributed by atoms with Gasteiger partial charge in [-0.1, -0.05) is 0 Å². The fraction of sp³-hybridized carbons (Fsp3) is 0.353. The highest BCUT2D eigenvalue weighted by molar-refractivity contribution is 5.75. The summed E-state index contributed by atoms with van der Waals surface area (Å²) < 4.78 is 48.6. The van der Waals surface area contributed by atoms with Crippen LogP contribution < -0.4 is 10.9 Å². The van der Waals surface area contributed by atoms with Crippen LogP contribution in [0.3, 0.4) is 0 Å². The molecule has 0 fully saturated rings. The summed E-state index contributed by atoms with van der Waals surface area (Å²) in [7, 11) is 0. The van der Waals surface area contributed by atoms with Gasteiger partial charge in [-0.15, -0.1) is 0 Å². The molecule has 0 radical (unpaired) electrons. The molecule has 1 aliphatic heterocycles. The topological polar surface area (TPSA) is 90.8 Å². The van der Waals surface area contributed by atoms with Crippen LogP contribution in [-0.4, -0.2) is 28.9 Å². The van der Waals surface area contributed by atoms with Crippen LogP contribution in [0.15, 0.2) is 29.3 Å². The normalized spacial score (nSPS) is 18.7. The number of hydrogen-bond acceptors (Lipinski definition) is 5. The average Bonchev–Trinajstić information content (AvgIpc) is 2.57. The Hall–Kier alpha value is -2.86. The summed E-state index contributed by atoms with van der Waals surface area (Å²) in [5.41, 5.74) is -4.20. The van der Waals surface area contributed by atoms with Crippen molar-refractivity contribution in [3.63, 3.8) is 0 Å². The largest absolute Gasteiger partial charge is 0.406 e. The lowest BCUT2D eigenvalue weighted by Gasteiger charge is -2.40. The lowest BCUT2D eigenvalue weighted by Crippen LogP contribution is -2.51. The summed E-state index contributed by atoms with van der Waals surface area (Å²) in [6.07, 6.45) is -4.36. The molecule has 0 saturated heterocycles. The first-order chi connectivity index (χ1) is 12.2. The van der Waals surface area contributed by atoms with Crippen LogP contribution in [0.4, 0.5) is 24.5 Å². The number of nitrogens with zero attached hydrogens (tertiary/aromatic N) is 2. The molecule has 3 rings (SSSR count). The molecule has 1 atom stereocenters. The van der Waals surface area contributed by atoms with Gasteiger partial charge in [0.25, 0.3) is 5.56 Å². The van der Waals surface area contributed by atoms with Gasteiger partial charge in [-0.2, -0.15) is 18.4 Å². The maximum Gasteiger partial charge on any atom is 0.406 e. The minimum atomic E-state index is -4.82. The molecule has 6 nitrogen and oxygen atoms in total. The predicted octanol–water partition coefficient (Wildman–Crippen LogP) is 2.97. The number of rotatable bonds is 3. The van der Waals surface area contributed by atoms with Gasteiger partial charge < -0.3 is 15.0 Å². The van der Waals surface area contributed by atoms with Crippen molar-refractivity contribution in [2.75, 3.05) is 11.9 Å². The van der Waals surface area contributed by atoms with Crippen molar-refractivity contribution in [1.29, 1.82) is 5.26 Å². The summed E-state index contributed by atoms with van der Waals surface area (Å²) in [5, 5.41) is 11.8. The van der Waals surface area contributed by atoms with E-state index in [4.69, 9.17) is 10.00 Å². The third-order valence-corrected chi connectivity index (χ3v) is 4.24.